The number of para-hydroxylation sites is 1. The van der Waals surface area contributed by atoms with Gasteiger partial charge in [0.05, 0.1) is 13.0 Å². The average molecular weight is 250 g/mol. The Morgan fingerprint density at radius 3 is 2.78 bits per heavy atom. The summed E-state index contributed by atoms with van der Waals surface area (Å²) in [6.45, 7) is 5.08. The van der Waals surface area contributed by atoms with Crippen LogP contribution in [0.3, 0.4) is 0 Å². The van der Waals surface area contributed by atoms with Gasteiger partial charge < -0.3 is 15.4 Å². The van der Waals surface area contributed by atoms with Crippen molar-refractivity contribution in [1.29, 1.82) is 0 Å². The Labute approximate surface area is 109 Å². The van der Waals surface area contributed by atoms with E-state index in [-0.39, 0.29) is 11.9 Å². The molecule has 1 amide bonds. The molecule has 0 aliphatic heterocycles. The fourth-order valence-corrected chi connectivity index (χ4v) is 1.67. The minimum atomic E-state index is -0.0146. The topological polar surface area (TPSA) is 50.4 Å². The Hall–Kier alpha value is -1.39. The minimum absolute atomic E-state index is 0.0146. The number of ether oxygens (including phenoxy) is 1. The zero-order chi connectivity index (χ0) is 13.4. The molecule has 0 saturated heterocycles. The molecule has 4 nitrogen and oxygen atoms in total. The zero-order valence-electron chi connectivity index (χ0n) is 11.3. The van der Waals surface area contributed by atoms with Crippen LogP contribution in [0, 0.1) is 0 Å². The number of carbonyl (C=O) groups excluding carboxylic acids is 1. The van der Waals surface area contributed by atoms with Crippen molar-refractivity contribution in [3.63, 3.8) is 0 Å². The molecule has 1 atom stereocenters. The maximum absolute atomic E-state index is 11.7. The Bertz CT molecular complexity index is 380. The second-order valence-corrected chi connectivity index (χ2v) is 4.09. The van der Waals surface area contributed by atoms with Crippen molar-refractivity contribution in [2.45, 2.75) is 26.3 Å². The number of nitrogens with one attached hydrogen (secondary N) is 2. The van der Waals surface area contributed by atoms with E-state index in [1.54, 1.807) is 0 Å². The minimum Gasteiger partial charge on any atom is -0.381 e. The van der Waals surface area contributed by atoms with Crippen molar-refractivity contribution in [2.24, 2.45) is 0 Å². The van der Waals surface area contributed by atoms with Gasteiger partial charge in [-0.3, -0.25) is 4.79 Å². The summed E-state index contributed by atoms with van der Waals surface area (Å²) < 4.78 is 5.17. The standard InChI is InChI=1S/C14H22N2O2/c1-4-18-10-9-14(17)16-13-8-6-5-7-12(13)11(2)15-3/h5-8,11,15H,4,9-10H2,1-3H3,(H,16,17). The van der Waals surface area contributed by atoms with Gasteiger partial charge in [0.15, 0.2) is 0 Å². The number of anilines is 1. The number of hydrogen-bond acceptors (Lipinski definition) is 3. The van der Waals surface area contributed by atoms with Crippen molar-refractivity contribution in [1.82, 2.24) is 5.32 Å². The smallest absolute Gasteiger partial charge is 0.226 e. The quantitative estimate of drug-likeness (QED) is 0.730. The van der Waals surface area contributed by atoms with E-state index < -0.39 is 0 Å². The molecule has 0 fully saturated rings. The predicted molar refractivity (Wildman–Crippen MR) is 73.7 cm³/mol. The highest BCUT2D eigenvalue weighted by Crippen LogP contribution is 2.22. The molecule has 18 heavy (non-hydrogen) atoms. The molecule has 0 heterocycles. The first-order valence-electron chi connectivity index (χ1n) is 6.32. The predicted octanol–water partition coefficient (Wildman–Crippen LogP) is 2.33. The highest BCUT2D eigenvalue weighted by atomic mass is 16.5. The SMILES string of the molecule is CCOCCC(=O)Nc1ccccc1C(C)NC. The normalized spacial score (nSPS) is 12.2. The van der Waals surface area contributed by atoms with E-state index in [9.17, 15) is 4.79 Å². The molecule has 0 aliphatic carbocycles. The second kappa shape index (κ2) is 7.84. The summed E-state index contributed by atoms with van der Waals surface area (Å²) in [7, 11) is 1.90. The summed E-state index contributed by atoms with van der Waals surface area (Å²) in [5.74, 6) is -0.0146. The van der Waals surface area contributed by atoms with Crippen LogP contribution in [0.2, 0.25) is 0 Å². The van der Waals surface area contributed by atoms with Gasteiger partial charge in [-0.15, -0.1) is 0 Å². The molecule has 0 aromatic heterocycles. The van der Waals surface area contributed by atoms with Gasteiger partial charge in [0.2, 0.25) is 5.91 Å². The number of amides is 1. The molecule has 100 valence electrons. The summed E-state index contributed by atoms with van der Waals surface area (Å²) in [6, 6.07) is 8.03. The van der Waals surface area contributed by atoms with Crippen LogP contribution in [-0.2, 0) is 9.53 Å². The highest BCUT2D eigenvalue weighted by Gasteiger charge is 2.10. The first kappa shape index (κ1) is 14.7. The van der Waals surface area contributed by atoms with E-state index in [1.165, 1.54) is 0 Å². The van der Waals surface area contributed by atoms with Gasteiger partial charge in [0.25, 0.3) is 0 Å². The molecule has 1 aromatic carbocycles. The molecule has 0 aliphatic rings. The number of rotatable bonds is 7. The molecule has 0 saturated carbocycles. The Morgan fingerprint density at radius 2 is 2.11 bits per heavy atom. The van der Waals surface area contributed by atoms with Crippen LogP contribution < -0.4 is 10.6 Å². The molecule has 1 unspecified atom stereocenters. The van der Waals surface area contributed by atoms with E-state index in [4.69, 9.17) is 4.74 Å². The number of hydrogen-bond donors (Lipinski definition) is 2. The fraction of sp³-hybridized carbons (Fsp3) is 0.500. The van der Waals surface area contributed by atoms with Gasteiger partial charge in [0, 0.05) is 18.3 Å². The third-order valence-electron chi connectivity index (χ3n) is 2.81. The third-order valence-corrected chi connectivity index (χ3v) is 2.81. The molecule has 1 rings (SSSR count). The van der Waals surface area contributed by atoms with Crippen LogP contribution in [0.4, 0.5) is 5.69 Å². The van der Waals surface area contributed by atoms with Crippen LogP contribution in [0.25, 0.3) is 0 Å². The van der Waals surface area contributed by atoms with E-state index in [1.807, 2.05) is 38.2 Å². The molecule has 2 N–H and O–H groups in total. The van der Waals surface area contributed by atoms with Crippen molar-refractivity contribution < 1.29 is 9.53 Å². The van der Waals surface area contributed by atoms with Gasteiger partial charge in [-0.2, -0.15) is 0 Å². The Balaban J connectivity index is 2.63. The van der Waals surface area contributed by atoms with E-state index >= 15 is 0 Å². The van der Waals surface area contributed by atoms with E-state index in [2.05, 4.69) is 17.6 Å². The largest absolute Gasteiger partial charge is 0.381 e. The summed E-state index contributed by atoms with van der Waals surface area (Å²) in [6.07, 6.45) is 0.385. The van der Waals surface area contributed by atoms with Crippen LogP contribution in [0.5, 0.6) is 0 Å². The van der Waals surface area contributed by atoms with Crippen molar-refractivity contribution in [3.05, 3.63) is 29.8 Å². The molecule has 0 bridgehead atoms. The van der Waals surface area contributed by atoms with Gasteiger partial charge in [0.1, 0.15) is 0 Å². The molecule has 0 radical (unpaired) electrons. The van der Waals surface area contributed by atoms with Gasteiger partial charge in [-0.1, -0.05) is 18.2 Å². The number of benzene rings is 1. The van der Waals surface area contributed by atoms with Crippen molar-refractivity contribution in [3.8, 4) is 0 Å². The lowest BCUT2D eigenvalue weighted by Crippen LogP contribution is -2.18. The average Bonchev–Trinajstić information content (AvgIpc) is 2.39. The monoisotopic (exact) mass is 250 g/mol. The molecule has 4 heteroatoms. The molecule has 1 aromatic rings. The Kier molecular flexibility index (Phi) is 6.39. The fourth-order valence-electron chi connectivity index (χ4n) is 1.67. The number of carbonyl (C=O) groups is 1. The maximum Gasteiger partial charge on any atom is 0.226 e. The summed E-state index contributed by atoms with van der Waals surface area (Å²) >= 11 is 0. The molecular weight excluding hydrogens is 228 g/mol. The van der Waals surface area contributed by atoms with E-state index in [0.29, 0.717) is 19.6 Å². The Morgan fingerprint density at radius 1 is 1.39 bits per heavy atom. The molecule has 0 spiro atoms. The van der Waals surface area contributed by atoms with Crippen LogP contribution in [-0.4, -0.2) is 26.2 Å². The maximum atomic E-state index is 11.7. The van der Waals surface area contributed by atoms with Crippen LogP contribution >= 0.6 is 0 Å². The lowest BCUT2D eigenvalue weighted by atomic mass is 10.1. The van der Waals surface area contributed by atoms with Crippen LogP contribution in [0.1, 0.15) is 31.9 Å². The summed E-state index contributed by atoms with van der Waals surface area (Å²) in [5, 5.41) is 6.10. The lowest BCUT2D eigenvalue weighted by Gasteiger charge is -2.16. The third kappa shape index (κ3) is 4.47. The molecular formula is C14H22N2O2. The van der Waals surface area contributed by atoms with Gasteiger partial charge >= 0.3 is 0 Å². The first-order valence-corrected chi connectivity index (χ1v) is 6.32. The van der Waals surface area contributed by atoms with Crippen molar-refractivity contribution >= 4 is 11.6 Å². The van der Waals surface area contributed by atoms with E-state index in [0.717, 1.165) is 11.3 Å². The zero-order valence-corrected chi connectivity index (χ0v) is 11.3. The summed E-state index contributed by atoms with van der Waals surface area (Å²) in [5.41, 5.74) is 1.95. The first-order chi connectivity index (χ1) is 8.69. The van der Waals surface area contributed by atoms with Crippen LogP contribution in [0.15, 0.2) is 24.3 Å². The summed E-state index contributed by atoms with van der Waals surface area (Å²) in [4.78, 5) is 11.7. The van der Waals surface area contributed by atoms with Gasteiger partial charge in [-0.05, 0) is 32.5 Å². The highest BCUT2D eigenvalue weighted by molar-refractivity contribution is 5.91. The second-order valence-electron chi connectivity index (χ2n) is 4.09. The lowest BCUT2D eigenvalue weighted by molar-refractivity contribution is -0.117. The van der Waals surface area contributed by atoms with Crippen molar-refractivity contribution in [2.75, 3.05) is 25.6 Å². The van der Waals surface area contributed by atoms with Gasteiger partial charge in [-0.25, -0.2) is 0 Å².